The summed E-state index contributed by atoms with van der Waals surface area (Å²) in [4.78, 5) is 11.4. The van der Waals surface area contributed by atoms with Crippen molar-refractivity contribution in [3.63, 3.8) is 0 Å². The Hall–Kier alpha value is -1.66. The number of carbonyl (C=O) groups is 1. The van der Waals surface area contributed by atoms with Crippen molar-refractivity contribution in [2.45, 2.75) is 13.0 Å². The van der Waals surface area contributed by atoms with Gasteiger partial charge in [-0.25, -0.2) is 4.39 Å². The first-order valence-electron chi connectivity index (χ1n) is 5.98. The van der Waals surface area contributed by atoms with E-state index < -0.39 is 0 Å². The Morgan fingerprint density at radius 1 is 1.53 bits per heavy atom. The van der Waals surface area contributed by atoms with Crippen LogP contribution in [0.2, 0.25) is 0 Å². The number of hydrogen-bond acceptors (Lipinski definition) is 4. The maximum Gasteiger partial charge on any atom is 0.258 e. The van der Waals surface area contributed by atoms with E-state index in [0.29, 0.717) is 24.5 Å². The Balaban J connectivity index is 2.55. The number of ether oxygens (including phenoxy) is 2. The molecule has 1 atom stereocenters. The summed E-state index contributed by atoms with van der Waals surface area (Å²) in [7, 11) is 1.55. The number of methoxy groups -OCH3 is 1. The first-order valence-corrected chi connectivity index (χ1v) is 5.98. The summed E-state index contributed by atoms with van der Waals surface area (Å²) in [5.74, 6) is -0.237. The van der Waals surface area contributed by atoms with Crippen molar-refractivity contribution in [2.75, 3.05) is 26.9 Å². The number of nitrogens with one attached hydrogen (secondary N) is 1. The van der Waals surface area contributed by atoms with Gasteiger partial charge in [-0.1, -0.05) is 0 Å². The van der Waals surface area contributed by atoms with E-state index in [1.54, 1.807) is 14.0 Å². The molecule has 0 fully saturated rings. The van der Waals surface area contributed by atoms with E-state index in [1.807, 2.05) is 0 Å². The van der Waals surface area contributed by atoms with Crippen LogP contribution in [0.25, 0.3) is 0 Å². The zero-order valence-corrected chi connectivity index (χ0v) is 11.1. The first kappa shape index (κ1) is 15.4. The van der Waals surface area contributed by atoms with Crippen LogP contribution in [0.1, 0.15) is 18.5 Å². The van der Waals surface area contributed by atoms with Crippen molar-refractivity contribution in [3.8, 4) is 5.75 Å². The van der Waals surface area contributed by atoms with Crippen LogP contribution in [0.4, 0.5) is 4.39 Å². The molecule has 6 heteroatoms. The predicted molar refractivity (Wildman–Crippen MR) is 69.4 cm³/mol. The second-order valence-corrected chi connectivity index (χ2v) is 4.10. The number of benzene rings is 1. The molecule has 19 heavy (non-hydrogen) atoms. The minimum Gasteiger partial charge on any atom is -0.483 e. The average Bonchev–Trinajstić information content (AvgIpc) is 2.37. The van der Waals surface area contributed by atoms with Crippen molar-refractivity contribution >= 4 is 5.91 Å². The van der Waals surface area contributed by atoms with Gasteiger partial charge in [0.2, 0.25) is 0 Å². The summed E-state index contributed by atoms with van der Waals surface area (Å²) in [6.45, 7) is 2.44. The lowest BCUT2D eigenvalue weighted by Gasteiger charge is -2.14. The summed E-state index contributed by atoms with van der Waals surface area (Å²) >= 11 is 0. The molecule has 0 aliphatic heterocycles. The third-order valence-corrected chi connectivity index (χ3v) is 2.45. The lowest BCUT2D eigenvalue weighted by molar-refractivity contribution is -0.123. The molecule has 0 saturated heterocycles. The standard InChI is InChI=1S/C13H19FN2O3/c1-9(15)11-7-10(14)3-4-12(11)19-8-13(17)16-5-6-18-2/h3-4,7,9H,5-6,8,15H2,1-2H3,(H,16,17). The zero-order valence-electron chi connectivity index (χ0n) is 11.1. The summed E-state index contributed by atoms with van der Waals surface area (Å²) in [5.41, 5.74) is 6.26. The maximum absolute atomic E-state index is 13.1. The Morgan fingerprint density at radius 2 is 2.26 bits per heavy atom. The van der Waals surface area contributed by atoms with Crippen LogP contribution >= 0.6 is 0 Å². The van der Waals surface area contributed by atoms with Crippen LogP contribution in [0.3, 0.4) is 0 Å². The minimum atomic E-state index is -0.385. The molecule has 1 rings (SSSR count). The van der Waals surface area contributed by atoms with Gasteiger partial charge in [0.15, 0.2) is 6.61 Å². The van der Waals surface area contributed by atoms with Crippen LogP contribution in [0.15, 0.2) is 18.2 Å². The summed E-state index contributed by atoms with van der Waals surface area (Å²) in [5, 5.41) is 2.62. The summed E-state index contributed by atoms with van der Waals surface area (Å²) < 4.78 is 23.3. The monoisotopic (exact) mass is 270 g/mol. The molecule has 1 aromatic rings. The van der Waals surface area contributed by atoms with Gasteiger partial charge in [0, 0.05) is 25.3 Å². The average molecular weight is 270 g/mol. The largest absolute Gasteiger partial charge is 0.483 e. The number of amides is 1. The third-order valence-electron chi connectivity index (χ3n) is 2.45. The highest BCUT2D eigenvalue weighted by atomic mass is 19.1. The summed E-state index contributed by atoms with van der Waals surface area (Å²) in [6, 6.07) is 3.67. The Labute approximate surface area is 111 Å². The number of halogens is 1. The fourth-order valence-electron chi connectivity index (χ4n) is 1.49. The van der Waals surface area contributed by atoms with E-state index >= 15 is 0 Å². The number of rotatable bonds is 7. The van der Waals surface area contributed by atoms with Gasteiger partial charge in [-0.2, -0.15) is 0 Å². The topological polar surface area (TPSA) is 73.6 Å². The van der Waals surface area contributed by atoms with Gasteiger partial charge in [-0.15, -0.1) is 0 Å². The molecule has 106 valence electrons. The van der Waals surface area contributed by atoms with Crippen molar-refractivity contribution < 1.29 is 18.7 Å². The number of nitrogens with two attached hydrogens (primary N) is 1. The van der Waals surface area contributed by atoms with Gasteiger partial charge in [0.05, 0.1) is 6.61 Å². The molecule has 0 bridgehead atoms. The second kappa shape index (κ2) is 7.70. The highest BCUT2D eigenvalue weighted by Crippen LogP contribution is 2.24. The van der Waals surface area contributed by atoms with Gasteiger partial charge in [-0.3, -0.25) is 4.79 Å². The van der Waals surface area contributed by atoms with Gasteiger partial charge < -0.3 is 20.5 Å². The number of hydrogen-bond donors (Lipinski definition) is 2. The normalized spacial score (nSPS) is 12.0. The molecule has 3 N–H and O–H groups in total. The number of carbonyl (C=O) groups excluding carboxylic acids is 1. The Morgan fingerprint density at radius 3 is 2.89 bits per heavy atom. The van der Waals surface area contributed by atoms with Gasteiger partial charge in [-0.05, 0) is 25.1 Å². The molecular weight excluding hydrogens is 251 g/mol. The maximum atomic E-state index is 13.1. The van der Waals surface area contributed by atoms with E-state index in [2.05, 4.69) is 5.32 Å². The van der Waals surface area contributed by atoms with Crippen molar-refractivity contribution in [3.05, 3.63) is 29.6 Å². The second-order valence-electron chi connectivity index (χ2n) is 4.10. The van der Waals surface area contributed by atoms with Crippen LogP contribution < -0.4 is 15.8 Å². The molecule has 0 spiro atoms. The molecule has 0 aromatic heterocycles. The molecule has 0 aliphatic carbocycles. The van der Waals surface area contributed by atoms with Gasteiger partial charge >= 0.3 is 0 Å². The lowest BCUT2D eigenvalue weighted by atomic mass is 10.1. The fourth-order valence-corrected chi connectivity index (χ4v) is 1.49. The fraction of sp³-hybridized carbons (Fsp3) is 0.462. The highest BCUT2D eigenvalue weighted by molar-refractivity contribution is 5.77. The lowest BCUT2D eigenvalue weighted by Crippen LogP contribution is -2.31. The van der Waals surface area contributed by atoms with Crippen LogP contribution in [-0.4, -0.2) is 32.8 Å². The van der Waals surface area contributed by atoms with Crippen LogP contribution in [0.5, 0.6) is 5.75 Å². The van der Waals surface area contributed by atoms with Crippen molar-refractivity contribution in [1.82, 2.24) is 5.32 Å². The summed E-state index contributed by atoms with van der Waals surface area (Å²) in [6.07, 6.45) is 0. The van der Waals surface area contributed by atoms with E-state index in [4.69, 9.17) is 15.2 Å². The molecule has 0 radical (unpaired) electrons. The minimum absolute atomic E-state index is 0.144. The van der Waals surface area contributed by atoms with E-state index in [1.165, 1.54) is 18.2 Å². The third kappa shape index (κ3) is 5.23. The van der Waals surface area contributed by atoms with Crippen molar-refractivity contribution in [1.29, 1.82) is 0 Å². The molecule has 1 unspecified atom stereocenters. The van der Waals surface area contributed by atoms with E-state index in [9.17, 15) is 9.18 Å². The molecule has 1 aromatic carbocycles. The molecule has 0 heterocycles. The zero-order chi connectivity index (χ0) is 14.3. The highest BCUT2D eigenvalue weighted by Gasteiger charge is 2.11. The van der Waals surface area contributed by atoms with Gasteiger partial charge in [0.25, 0.3) is 5.91 Å². The Bertz CT molecular complexity index is 424. The Kier molecular flexibility index (Phi) is 6.24. The molecule has 0 saturated carbocycles. The van der Waals surface area contributed by atoms with Crippen LogP contribution in [0, 0.1) is 5.82 Å². The molecular formula is C13H19FN2O3. The van der Waals surface area contributed by atoms with Crippen molar-refractivity contribution in [2.24, 2.45) is 5.73 Å². The predicted octanol–water partition coefficient (Wildman–Crippen LogP) is 0.987. The van der Waals surface area contributed by atoms with E-state index in [0.717, 1.165) is 0 Å². The first-order chi connectivity index (χ1) is 9.04. The SMILES string of the molecule is COCCNC(=O)COc1ccc(F)cc1C(C)N. The van der Waals surface area contributed by atoms with Crippen LogP contribution in [-0.2, 0) is 9.53 Å². The quantitative estimate of drug-likeness (QED) is 0.725. The smallest absolute Gasteiger partial charge is 0.258 e. The molecule has 5 nitrogen and oxygen atoms in total. The molecule has 1 amide bonds. The van der Waals surface area contributed by atoms with E-state index in [-0.39, 0.29) is 24.4 Å². The van der Waals surface area contributed by atoms with Gasteiger partial charge in [0.1, 0.15) is 11.6 Å². The molecule has 0 aliphatic rings.